The van der Waals surface area contributed by atoms with Crippen LogP contribution in [0.1, 0.15) is 47.8 Å². The molecule has 66 heavy (non-hydrogen) atoms. The lowest BCUT2D eigenvalue weighted by atomic mass is 9.98. The molecule has 2 saturated heterocycles. The molecule has 8 rings (SSSR count). The average molecular weight is 895 g/mol. The number of hydrogen-bond donors (Lipinski definition) is 1. The highest BCUT2D eigenvalue weighted by atomic mass is 16.8. The van der Waals surface area contributed by atoms with Gasteiger partial charge in [0.2, 0.25) is 0 Å². The molecule has 0 unspecified atom stereocenters. The fraction of sp³-hybridized carbons (Fsp3) is 0.264. The van der Waals surface area contributed by atoms with Crippen LogP contribution in [0.25, 0.3) is 0 Å². The maximum absolute atomic E-state index is 13.8. The third-order valence-corrected chi connectivity index (χ3v) is 11.1. The van der Waals surface area contributed by atoms with Gasteiger partial charge >= 0.3 is 17.9 Å². The van der Waals surface area contributed by atoms with Crippen LogP contribution in [0.5, 0.6) is 0 Å². The number of aliphatic hydroxyl groups excluding tert-OH is 1. The van der Waals surface area contributed by atoms with Crippen LogP contribution in [-0.4, -0.2) is 91.5 Å². The fourth-order valence-electron chi connectivity index (χ4n) is 7.66. The largest absolute Gasteiger partial charge is 0.459 e. The highest BCUT2D eigenvalue weighted by Crippen LogP contribution is 2.34. The van der Waals surface area contributed by atoms with Crippen molar-refractivity contribution in [3.63, 3.8) is 0 Å². The van der Waals surface area contributed by atoms with E-state index < -0.39 is 79.8 Å². The molecule has 6 aromatic rings. The second-order valence-electron chi connectivity index (χ2n) is 15.7. The van der Waals surface area contributed by atoms with Crippen molar-refractivity contribution in [3.8, 4) is 0 Å². The molecule has 0 aromatic heterocycles. The molecule has 2 heterocycles. The highest BCUT2D eigenvalue weighted by Gasteiger charge is 2.53. The second kappa shape index (κ2) is 23.1. The summed E-state index contributed by atoms with van der Waals surface area (Å²) in [5, 5.41) is 11.7. The van der Waals surface area contributed by atoms with Crippen molar-refractivity contribution in [1.29, 1.82) is 0 Å². The number of rotatable bonds is 19. The van der Waals surface area contributed by atoms with Crippen LogP contribution in [-0.2, 0) is 62.5 Å². The van der Waals surface area contributed by atoms with E-state index in [1.807, 2.05) is 91.0 Å². The normalized spacial score (nSPS) is 23.7. The minimum absolute atomic E-state index is 0.141. The van der Waals surface area contributed by atoms with E-state index in [1.54, 1.807) is 91.0 Å². The van der Waals surface area contributed by atoms with Crippen LogP contribution in [0.2, 0.25) is 0 Å². The number of carbonyl (C=O) groups excluding carboxylic acids is 3. The summed E-state index contributed by atoms with van der Waals surface area (Å²) in [4.78, 5) is 40.7. The first-order chi connectivity index (χ1) is 32.4. The molecule has 1 N–H and O–H groups in total. The van der Waals surface area contributed by atoms with E-state index in [1.165, 1.54) is 0 Å². The predicted octanol–water partition coefficient (Wildman–Crippen LogP) is 7.51. The van der Waals surface area contributed by atoms with Gasteiger partial charge in [-0.05, 0) is 53.1 Å². The van der Waals surface area contributed by atoms with Gasteiger partial charge in [-0.15, -0.1) is 0 Å². The first-order valence-corrected chi connectivity index (χ1v) is 21.7. The van der Waals surface area contributed by atoms with Crippen LogP contribution < -0.4 is 0 Å². The summed E-state index contributed by atoms with van der Waals surface area (Å²) >= 11 is 0. The molecular weight excluding hydrogens is 845 g/mol. The number of ether oxygens (including phenoxy) is 9. The molecule has 0 spiro atoms. The van der Waals surface area contributed by atoms with Gasteiger partial charge in [0.1, 0.15) is 37.1 Å². The first kappa shape index (κ1) is 46.0. The minimum atomic E-state index is -1.51. The van der Waals surface area contributed by atoms with Crippen LogP contribution in [0.3, 0.4) is 0 Å². The molecule has 13 nitrogen and oxygen atoms in total. The summed E-state index contributed by atoms with van der Waals surface area (Å²) in [6.45, 7) is -0.275. The molecular formula is C53H50O13. The van der Waals surface area contributed by atoms with E-state index in [0.29, 0.717) is 0 Å². The lowest BCUT2D eigenvalue weighted by molar-refractivity contribution is -0.323. The zero-order valence-corrected chi connectivity index (χ0v) is 35.9. The van der Waals surface area contributed by atoms with E-state index in [-0.39, 0.29) is 43.1 Å². The third kappa shape index (κ3) is 12.2. The van der Waals surface area contributed by atoms with Gasteiger partial charge in [0.15, 0.2) is 24.8 Å². The second-order valence-corrected chi connectivity index (χ2v) is 15.7. The fourth-order valence-corrected chi connectivity index (χ4v) is 7.66. The third-order valence-electron chi connectivity index (χ3n) is 11.1. The Morgan fingerprint density at radius 1 is 0.394 bits per heavy atom. The Balaban J connectivity index is 1.09. The molecule has 340 valence electrons. The topological polar surface area (TPSA) is 155 Å². The quantitative estimate of drug-likeness (QED) is 0.0631. The Morgan fingerprint density at radius 3 is 1.24 bits per heavy atom. The molecule has 9 atom stereocenters. The Hall–Kier alpha value is -6.55. The molecule has 0 amide bonds. The molecule has 0 bridgehead atoms. The molecule has 13 heteroatoms. The number of hydrogen-bond acceptors (Lipinski definition) is 13. The van der Waals surface area contributed by atoms with Crippen molar-refractivity contribution < 1.29 is 62.1 Å². The van der Waals surface area contributed by atoms with Gasteiger partial charge in [-0.25, -0.2) is 14.4 Å². The zero-order valence-electron chi connectivity index (χ0n) is 35.9. The van der Waals surface area contributed by atoms with E-state index in [0.717, 1.165) is 16.7 Å². The molecule has 0 saturated carbocycles. The Morgan fingerprint density at radius 2 is 0.773 bits per heavy atom. The van der Waals surface area contributed by atoms with Crippen molar-refractivity contribution >= 4 is 17.9 Å². The molecule has 2 aliphatic rings. The van der Waals surface area contributed by atoms with Gasteiger partial charge < -0.3 is 47.7 Å². The van der Waals surface area contributed by atoms with E-state index in [2.05, 4.69) is 0 Å². The van der Waals surface area contributed by atoms with Crippen LogP contribution in [0.15, 0.2) is 182 Å². The molecule has 2 aliphatic heterocycles. The Labute approximate surface area is 382 Å². The van der Waals surface area contributed by atoms with Crippen LogP contribution in [0, 0.1) is 0 Å². The van der Waals surface area contributed by atoms with Crippen molar-refractivity contribution in [3.05, 3.63) is 215 Å². The Bertz CT molecular complexity index is 2410. The molecule has 0 aliphatic carbocycles. The zero-order chi connectivity index (χ0) is 45.5. The van der Waals surface area contributed by atoms with Gasteiger partial charge in [-0.3, -0.25) is 0 Å². The van der Waals surface area contributed by atoms with Crippen molar-refractivity contribution in [2.45, 2.75) is 75.1 Å². The summed E-state index contributed by atoms with van der Waals surface area (Å²) < 4.78 is 56.7. The van der Waals surface area contributed by atoms with Crippen molar-refractivity contribution in [2.75, 3.05) is 13.2 Å². The van der Waals surface area contributed by atoms with Crippen LogP contribution >= 0.6 is 0 Å². The van der Waals surface area contributed by atoms with Crippen LogP contribution in [0.4, 0.5) is 0 Å². The predicted molar refractivity (Wildman–Crippen MR) is 239 cm³/mol. The summed E-state index contributed by atoms with van der Waals surface area (Å²) in [5.41, 5.74) is 3.36. The molecule has 6 aromatic carbocycles. The van der Waals surface area contributed by atoms with Gasteiger partial charge in [0, 0.05) is 0 Å². The summed E-state index contributed by atoms with van der Waals surface area (Å²) in [6.07, 6.45) is -10.7. The summed E-state index contributed by atoms with van der Waals surface area (Å²) in [7, 11) is 0. The van der Waals surface area contributed by atoms with Gasteiger partial charge in [-0.2, -0.15) is 0 Å². The maximum atomic E-state index is 13.8. The summed E-state index contributed by atoms with van der Waals surface area (Å²) in [6, 6.07) is 53.6. The molecule has 0 radical (unpaired) electrons. The number of aliphatic hydroxyl groups is 1. The number of carbonyl (C=O) groups is 3. The van der Waals surface area contributed by atoms with Crippen molar-refractivity contribution in [1.82, 2.24) is 0 Å². The number of esters is 3. The van der Waals surface area contributed by atoms with Crippen molar-refractivity contribution in [2.24, 2.45) is 0 Å². The molecule has 2 fully saturated rings. The van der Waals surface area contributed by atoms with E-state index in [4.69, 9.17) is 42.6 Å². The monoisotopic (exact) mass is 894 g/mol. The number of benzene rings is 6. The van der Waals surface area contributed by atoms with E-state index in [9.17, 15) is 19.5 Å². The lowest BCUT2D eigenvalue weighted by Crippen LogP contribution is -2.61. The Kier molecular flexibility index (Phi) is 16.1. The van der Waals surface area contributed by atoms with Gasteiger partial charge in [0.05, 0.1) is 43.1 Å². The van der Waals surface area contributed by atoms with Gasteiger partial charge in [-0.1, -0.05) is 146 Å². The highest BCUT2D eigenvalue weighted by molar-refractivity contribution is 5.91. The maximum Gasteiger partial charge on any atom is 0.338 e. The lowest BCUT2D eigenvalue weighted by Gasteiger charge is -2.44. The van der Waals surface area contributed by atoms with E-state index >= 15 is 0 Å². The smallest absolute Gasteiger partial charge is 0.338 e. The first-order valence-electron chi connectivity index (χ1n) is 21.7. The average Bonchev–Trinajstić information content (AvgIpc) is 3.69. The summed E-state index contributed by atoms with van der Waals surface area (Å²) in [5.74, 6) is -2.14. The standard InChI is InChI=1S/C53H50O13/c54-49(39-25-13-4-14-26-39)61-34-43-45(65-50(55)40-27-15-5-16-28-40)48(66-51(56)41-29-17-6-18-30-41)53(64-43)62-35-42-44(58-31-36-19-7-1-8-20-36)46(59-32-37-21-9-2-10-22-37)47(52(57)63-42)60-33-38-23-11-3-12-24-38/h1-30,42-48,52-53,57H,31-35H2/t42-,43-,44-,45-,46+,47+,48+,52+,53+/m1/s1. The van der Waals surface area contributed by atoms with Gasteiger partial charge in [0.25, 0.3) is 0 Å². The minimum Gasteiger partial charge on any atom is -0.459 e. The SMILES string of the molecule is O=C(OC[C@H]1O[C@H](OC[C@H]2O[C@H](O)[C@@H](OCc3ccccc3)[C@@H](OCc3ccccc3)[C@@H]2OCc2ccccc2)[C@@H](OC(=O)c2ccccc2)[C@@H]1OC(=O)c1ccccc1)c1ccccc1.